The van der Waals surface area contributed by atoms with Crippen LogP contribution in [0.2, 0.25) is 0 Å². The first-order chi connectivity index (χ1) is 12.7. The maximum Gasteiger partial charge on any atom is 0.226 e. The van der Waals surface area contributed by atoms with Crippen LogP contribution in [0.15, 0.2) is 42.6 Å². The number of ether oxygens (including phenoxy) is 1. The predicted octanol–water partition coefficient (Wildman–Crippen LogP) is 4.01. The molecule has 1 aromatic carbocycles. The van der Waals surface area contributed by atoms with Gasteiger partial charge in [0, 0.05) is 38.0 Å². The van der Waals surface area contributed by atoms with E-state index in [9.17, 15) is 4.79 Å². The van der Waals surface area contributed by atoms with Crippen molar-refractivity contribution in [2.75, 3.05) is 20.3 Å². The summed E-state index contributed by atoms with van der Waals surface area (Å²) in [6.07, 6.45) is 6.53. The average molecular weight is 354 g/mol. The van der Waals surface area contributed by atoms with Gasteiger partial charge in [-0.1, -0.05) is 42.7 Å². The molecule has 0 aliphatic heterocycles. The molecule has 0 atom stereocenters. The van der Waals surface area contributed by atoms with Gasteiger partial charge in [-0.25, -0.2) is 0 Å². The molecule has 1 aliphatic carbocycles. The van der Waals surface area contributed by atoms with Gasteiger partial charge >= 0.3 is 0 Å². The number of benzene rings is 1. The normalized spacial score (nSPS) is 14.7. The zero-order valence-electron chi connectivity index (χ0n) is 16.0. The zero-order valence-corrected chi connectivity index (χ0v) is 16.0. The van der Waals surface area contributed by atoms with E-state index in [1.54, 1.807) is 7.11 Å². The SMILES string of the molecule is COCCN(Cc1cccn1Cc1ccc(C)cc1)C(=O)C1CCCC1. The summed E-state index contributed by atoms with van der Waals surface area (Å²) in [7, 11) is 1.69. The van der Waals surface area contributed by atoms with Gasteiger partial charge in [-0.15, -0.1) is 0 Å². The van der Waals surface area contributed by atoms with E-state index in [4.69, 9.17) is 4.74 Å². The second-order valence-electron chi connectivity index (χ2n) is 7.35. The Balaban J connectivity index is 1.71. The number of rotatable bonds is 8. The van der Waals surface area contributed by atoms with Crippen LogP contribution in [0, 0.1) is 12.8 Å². The van der Waals surface area contributed by atoms with Crippen LogP contribution in [0.1, 0.15) is 42.5 Å². The van der Waals surface area contributed by atoms with Crippen molar-refractivity contribution in [2.45, 2.75) is 45.7 Å². The van der Waals surface area contributed by atoms with Crippen LogP contribution in [0.3, 0.4) is 0 Å². The summed E-state index contributed by atoms with van der Waals surface area (Å²) in [4.78, 5) is 14.9. The quantitative estimate of drug-likeness (QED) is 0.718. The fraction of sp³-hybridized carbons (Fsp3) is 0.500. The van der Waals surface area contributed by atoms with Gasteiger partial charge in [0.1, 0.15) is 0 Å². The van der Waals surface area contributed by atoms with E-state index >= 15 is 0 Å². The minimum atomic E-state index is 0.201. The Kier molecular flexibility index (Phi) is 6.51. The van der Waals surface area contributed by atoms with Gasteiger partial charge in [0.15, 0.2) is 0 Å². The Bertz CT molecular complexity index is 699. The summed E-state index contributed by atoms with van der Waals surface area (Å²) >= 11 is 0. The van der Waals surface area contributed by atoms with Crippen LogP contribution >= 0.6 is 0 Å². The lowest BCUT2D eigenvalue weighted by Gasteiger charge is -2.26. The van der Waals surface area contributed by atoms with Gasteiger partial charge in [0.2, 0.25) is 5.91 Å². The summed E-state index contributed by atoms with van der Waals surface area (Å²) in [5.74, 6) is 0.495. The second-order valence-corrected chi connectivity index (χ2v) is 7.35. The number of hydrogen-bond donors (Lipinski definition) is 0. The second kappa shape index (κ2) is 9.04. The third-order valence-corrected chi connectivity index (χ3v) is 5.33. The first-order valence-electron chi connectivity index (χ1n) is 9.64. The van der Waals surface area contributed by atoms with Crippen molar-refractivity contribution in [2.24, 2.45) is 5.92 Å². The van der Waals surface area contributed by atoms with Crippen LogP contribution in [-0.4, -0.2) is 35.6 Å². The molecule has 0 spiro atoms. The standard InChI is InChI=1S/C22H30N2O2/c1-18-9-11-19(12-10-18)16-23-13-5-8-21(23)17-24(14-15-26-2)22(25)20-6-3-4-7-20/h5,8-13,20H,3-4,6-7,14-17H2,1-2H3. The highest BCUT2D eigenvalue weighted by atomic mass is 16.5. The van der Waals surface area contributed by atoms with Gasteiger partial charge in [0.05, 0.1) is 13.2 Å². The highest BCUT2D eigenvalue weighted by molar-refractivity contribution is 5.79. The van der Waals surface area contributed by atoms with Gasteiger partial charge in [-0.05, 0) is 37.5 Å². The third kappa shape index (κ3) is 4.76. The van der Waals surface area contributed by atoms with Crippen molar-refractivity contribution >= 4 is 5.91 Å². The summed E-state index contributed by atoms with van der Waals surface area (Å²) < 4.78 is 7.48. The highest BCUT2D eigenvalue weighted by Gasteiger charge is 2.27. The number of nitrogens with zero attached hydrogens (tertiary/aromatic N) is 2. The molecule has 1 saturated carbocycles. The summed E-state index contributed by atoms with van der Waals surface area (Å²) in [5.41, 5.74) is 3.72. The smallest absolute Gasteiger partial charge is 0.226 e. The average Bonchev–Trinajstić information content (AvgIpc) is 3.32. The number of aryl methyl sites for hydroxylation is 1. The van der Waals surface area contributed by atoms with Crippen LogP contribution < -0.4 is 0 Å². The van der Waals surface area contributed by atoms with E-state index in [2.05, 4.69) is 54.1 Å². The molecular formula is C22H30N2O2. The van der Waals surface area contributed by atoms with Crippen LogP contribution in [0.5, 0.6) is 0 Å². The van der Waals surface area contributed by atoms with E-state index in [-0.39, 0.29) is 5.92 Å². The Morgan fingerprint density at radius 2 is 1.92 bits per heavy atom. The molecule has 0 unspecified atom stereocenters. The number of methoxy groups -OCH3 is 1. The number of carbonyl (C=O) groups is 1. The molecule has 1 heterocycles. The van der Waals surface area contributed by atoms with Gasteiger partial charge in [-0.2, -0.15) is 0 Å². The minimum Gasteiger partial charge on any atom is -0.383 e. The Hall–Kier alpha value is -2.07. The zero-order chi connectivity index (χ0) is 18.4. The summed E-state index contributed by atoms with van der Waals surface area (Å²) in [5, 5.41) is 0. The first-order valence-corrected chi connectivity index (χ1v) is 9.64. The summed E-state index contributed by atoms with van der Waals surface area (Å²) in [6.45, 7) is 4.82. The molecule has 2 aromatic rings. The van der Waals surface area contributed by atoms with E-state index in [0.29, 0.717) is 25.6 Å². The van der Waals surface area contributed by atoms with E-state index < -0.39 is 0 Å². The van der Waals surface area contributed by atoms with Gasteiger partial charge in [-0.3, -0.25) is 4.79 Å². The summed E-state index contributed by atoms with van der Waals surface area (Å²) in [6, 6.07) is 12.8. The molecular weight excluding hydrogens is 324 g/mol. The monoisotopic (exact) mass is 354 g/mol. The van der Waals surface area contributed by atoms with Crippen molar-refractivity contribution in [3.8, 4) is 0 Å². The molecule has 0 saturated heterocycles. The Labute approximate surface area is 156 Å². The lowest BCUT2D eigenvalue weighted by Crippen LogP contribution is -2.37. The predicted molar refractivity (Wildman–Crippen MR) is 104 cm³/mol. The maximum absolute atomic E-state index is 12.9. The number of hydrogen-bond acceptors (Lipinski definition) is 2. The van der Waals surface area contributed by atoms with Gasteiger partial charge < -0.3 is 14.2 Å². The van der Waals surface area contributed by atoms with Crippen molar-refractivity contribution in [1.82, 2.24) is 9.47 Å². The molecule has 0 N–H and O–H groups in total. The fourth-order valence-electron chi connectivity index (χ4n) is 3.73. The Morgan fingerprint density at radius 1 is 1.19 bits per heavy atom. The van der Waals surface area contributed by atoms with E-state index in [1.165, 1.54) is 29.7 Å². The highest BCUT2D eigenvalue weighted by Crippen LogP contribution is 2.27. The molecule has 0 bridgehead atoms. The molecule has 1 fully saturated rings. The van der Waals surface area contributed by atoms with Crippen molar-refractivity contribution in [3.05, 3.63) is 59.4 Å². The van der Waals surface area contributed by atoms with Crippen molar-refractivity contribution < 1.29 is 9.53 Å². The molecule has 1 aliphatic rings. The third-order valence-electron chi connectivity index (χ3n) is 5.33. The molecule has 3 rings (SSSR count). The molecule has 140 valence electrons. The largest absolute Gasteiger partial charge is 0.383 e. The lowest BCUT2D eigenvalue weighted by molar-refractivity contribution is -0.136. The molecule has 1 aromatic heterocycles. The minimum absolute atomic E-state index is 0.201. The van der Waals surface area contributed by atoms with Gasteiger partial charge in [0.25, 0.3) is 0 Å². The number of carbonyl (C=O) groups excluding carboxylic acids is 1. The van der Waals surface area contributed by atoms with Crippen molar-refractivity contribution in [1.29, 1.82) is 0 Å². The van der Waals surface area contributed by atoms with Crippen LogP contribution in [0.25, 0.3) is 0 Å². The molecule has 26 heavy (non-hydrogen) atoms. The van der Waals surface area contributed by atoms with Crippen molar-refractivity contribution in [3.63, 3.8) is 0 Å². The topological polar surface area (TPSA) is 34.5 Å². The molecule has 4 nitrogen and oxygen atoms in total. The molecule has 0 radical (unpaired) electrons. The van der Waals surface area contributed by atoms with Crippen LogP contribution in [0.4, 0.5) is 0 Å². The number of aromatic nitrogens is 1. The lowest BCUT2D eigenvalue weighted by atomic mass is 10.1. The fourth-order valence-corrected chi connectivity index (χ4v) is 3.73. The number of amides is 1. The first kappa shape index (κ1) is 18.7. The maximum atomic E-state index is 12.9. The molecule has 4 heteroatoms. The Morgan fingerprint density at radius 3 is 2.62 bits per heavy atom. The van der Waals surface area contributed by atoms with E-state index in [0.717, 1.165) is 19.4 Å². The van der Waals surface area contributed by atoms with Crippen LogP contribution in [-0.2, 0) is 22.6 Å². The molecule has 1 amide bonds. The van der Waals surface area contributed by atoms with E-state index in [1.807, 2.05) is 4.90 Å².